The van der Waals surface area contributed by atoms with Crippen LogP contribution in [-0.4, -0.2) is 16.6 Å². The molecule has 5 heteroatoms. The van der Waals surface area contributed by atoms with E-state index in [0.29, 0.717) is 10.4 Å². The van der Waals surface area contributed by atoms with Crippen molar-refractivity contribution < 1.29 is 5.32 Å². The molecule has 1 heterocycles. The Balaban J connectivity index is 2.39. The molecule has 1 atom stereocenters. The summed E-state index contributed by atoms with van der Waals surface area (Å²) >= 11 is 6.12. The zero-order chi connectivity index (χ0) is 16.4. The number of rotatable bonds is 4. The Bertz CT molecular complexity index is 900. The molecule has 4 nitrogen and oxygen atoms in total. The van der Waals surface area contributed by atoms with Crippen LogP contribution in [0.4, 0.5) is 0 Å². The number of halogens is 1. The quantitative estimate of drug-likeness (QED) is 0.800. The first kappa shape index (κ1) is 15.7. The molecule has 0 aliphatic rings. The minimum Gasteiger partial charge on any atom is -0.340 e. The molecule has 0 unspecified atom stereocenters. The topological polar surface area (TPSA) is 51.5 Å². The van der Waals surface area contributed by atoms with Crippen molar-refractivity contribution >= 4 is 22.5 Å². The molecule has 0 saturated heterocycles. The van der Waals surface area contributed by atoms with E-state index in [2.05, 4.69) is 12.2 Å². The lowest BCUT2D eigenvalue weighted by atomic mass is 10.1. The maximum absolute atomic E-state index is 13.1. The van der Waals surface area contributed by atoms with Gasteiger partial charge in [0.05, 0.1) is 23.6 Å². The third-order valence-corrected chi connectivity index (χ3v) is 4.28. The highest BCUT2D eigenvalue weighted by atomic mass is 35.5. The maximum Gasteiger partial charge on any atom is 0.266 e. The summed E-state index contributed by atoms with van der Waals surface area (Å²) in [5.74, 6) is 0.751. The summed E-state index contributed by atoms with van der Waals surface area (Å²) in [6, 6.07) is 14.9. The second-order valence-electron chi connectivity index (χ2n) is 5.46. The van der Waals surface area contributed by atoms with Crippen molar-refractivity contribution in [3.05, 3.63) is 69.7 Å². The number of quaternary nitrogens is 1. The number of hydrogen-bond acceptors (Lipinski definition) is 2. The zero-order valence-corrected chi connectivity index (χ0v) is 13.9. The third kappa shape index (κ3) is 2.87. The van der Waals surface area contributed by atoms with Gasteiger partial charge in [-0.3, -0.25) is 9.36 Å². The minimum atomic E-state index is -0.0619. The van der Waals surface area contributed by atoms with Gasteiger partial charge < -0.3 is 5.32 Å². The van der Waals surface area contributed by atoms with Crippen LogP contribution < -0.4 is 10.9 Å². The van der Waals surface area contributed by atoms with Crippen LogP contribution in [-0.2, 0) is 0 Å². The fraction of sp³-hybridized carbons (Fsp3) is 0.222. The highest BCUT2D eigenvalue weighted by molar-refractivity contribution is 6.30. The van der Waals surface area contributed by atoms with Gasteiger partial charge in [-0.15, -0.1) is 0 Å². The van der Waals surface area contributed by atoms with Gasteiger partial charge in [-0.1, -0.05) is 36.7 Å². The van der Waals surface area contributed by atoms with Crippen molar-refractivity contribution in [1.29, 1.82) is 0 Å². The second kappa shape index (κ2) is 6.52. The molecule has 0 aliphatic heterocycles. The van der Waals surface area contributed by atoms with Gasteiger partial charge in [-0.05, 0) is 30.3 Å². The molecule has 1 aromatic heterocycles. The molecular formula is C18H19ClN3O+. The number of hydrogen-bond donors (Lipinski definition) is 1. The molecule has 118 valence electrons. The van der Waals surface area contributed by atoms with Crippen molar-refractivity contribution in [2.45, 2.75) is 19.4 Å². The van der Waals surface area contributed by atoms with Gasteiger partial charge in [0.1, 0.15) is 6.04 Å². The fourth-order valence-electron chi connectivity index (χ4n) is 2.83. The van der Waals surface area contributed by atoms with Crippen LogP contribution in [0.5, 0.6) is 0 Å². The van der Waals surface area contributed by atoms with Gasteiger partial charge in [0.25, 0.3) is 5.56 Å². The average Bonchev–Trinajstić information content (AvgIpc) is 2.56. The van der Waals surface area contributed by atoms with Gasteiger partial charge in [0.2, 0.25) is 0 Å². The van der Waals surface area contributed by atoms with Crippen molar-refractivity contribution in [1.82, 2.24) is 9.55 Å². The van der Waals surface area contributed by atoms with E-state index in [1.807, 2.05) is 43.4 Å². The highest BCUT2D eigenvalue weighted by Crippen LogP contribution is 2.20. The first-order valence-electron chi connectivity index (χ1n) is 7.72. The number of aromatic nitrogens is 2. The predicted octanol–water partition coefficient (Wildman–Crippen LogP) is 2.68. The number of benzene rings is 2. The molecule has 0 bridgehead atoms. The Morgan fingerprint density at radius 3 is 2.70 bits per heavy atom. The van der Waals surface area contributed by atoms with Crippen LogP contribution in [0.3, 0.4) is 0 Å². The fourth-order valence-corrected chi connectivity index (χ4v) is 3.02. The molecule has 23 heavy (non-hydrogen) atoms. The van der Waals surface area contributed by atoms with E-state index in [4.69, 9.17) is 16.6 Å². The van der Waals surface area contributed by atoms with E-state index < -0.39 is 0 Å². The minimum absolute atomic E-state index is 0.0619. The van der Waals surface area contributed by atoms with Crippen molar-refractivity contribution in [3.63, 3.8) is 0 Å². The second-order valence-corrected chi connectivity index (χ2v) is 5.89. The smallest absolute Gasteiger partial charge is 0.266 e. The van der Waals surface area contributed by atoms with E-state index in [-0.39, 0.29) is 11.6 Å². The molecule has 0 spiro atoms. The Morgan fingerprint density at radius 2 is 2.00 bits per heavy atom. The lowest BCUT2D eigenvalue weighted by Crippen LogP contribution is -2.81. The Morgan fingerprint density at radius 1 is 1.22 bits per heavy atom. The first-order chi connectivity index (χ1) is 11.2. The largest absolute Gasteiger partial charge is 0.340 e. The van der Waals surface area contributed by atoms with Crippen LogP contribution in [0.1, 0.15) is 25.2 Å². The molecule has 0 aliphatic carbocycles. The number of para-hydroxylation sites is 1. The van der Waals surface area contributed by atoms with E-state index in [9.17, 15) is 4.79 Å². The Hall–Kier alpha value is -2.17. The molecule has 2 aromatic carbocycles. The van der Waals surface area contributed by atoms with Crippen LogP contribution >= 0.6 is 11.6 Å². The molecule has 0 radical (unpaired) electrons. The van der Waals surface area contributed by atoms with Gasteiger partial charge in [0.15, 0.2) is 5.82 Å². The molecule has 0 fully saturated rings. The van der Waals surface area contributed by atoms with Crippen LogP contribution in [0, 0.1) is 0 Å². The number of nitrogens with zero attached hydrogens (tertiary/aromatic N) is 2. The molecule has 3 aromatic rings. The number of fused-ring (bicyclic) bond motifs is 1. The molecule has 3 rings (SSSR count). The molecule has 0 amide bonds. The van der Waals surface area contributed by atoms with Crippen LogP contribution in [0.2, 0.25) is 5.02 Å². The lowest BCUT2D eigenvalue weighted by Gasteiger charge is -2.18. The average molecular weight is 329 g/mol. The lowest BCUT2D eigenvalue weighted by molar-refractivity contribution is -0.672. The SMILES string of the molecule is CC[C@H]([NH2+]C)c1nc2ccccc2c(=O)n1-c1cccc(Cl)c1. The Labute approximate surface area is 139 Å². The van der Waals surface area contributed by atoms with Gasteiger partial charge in [-0.25, -0.2) is 4.98 Å². The van der Waals surface area contributed by atoms with Gasteiger partial charge >= 0.3 is 0 Å². The van der Waals surface area contributed by atoms with Crippen molar-refractivity contribution in [2.75, 3.05) is 7.05 Å². The summed E-state index contributed by atoms with van der Waals surface area (Å²) in [7, 11) is 2.00. The molecule has 2 N–H and O–H groups in total. The maximum atomic E-state index is 13.1. The summed E-state index contributed by atoms with van der Waals surface area (Å²) in [6.45, 7) is 2.09. The molecule has 0 saturated carbocycles. The summed E-state index contributed by atoms with van der Waals surface area (Å²) in [5.41, 5.74) is 1.41. The predicted molar refractivity (Wildman–Crippen MR) is 93.2 cm³/mol. The van der Waals surface area contributed by atoms with Crippen LogP contribution in [0.25, 0.3) is 16.6 Å². The third-order valence-electron chi connectivity index (χ3n) is 4.04. The zero-order valence-electron chi connectivity index (χ0n) is 13.2. The van der Waals surface area contributed by atoms with E-state index in [1.54, 1.807) is 16.7 Å². The highest BCUT2D eigenvalue weighted by Gasteiger charge is 2.21. The summed E-state index contributed by atoms with van der Waals surface area (Å²) in [5, 5.41) is 3.29. The monoisotopic (exact) mass is 328 g/mol. The standard InChI is InChI=1S/C18H18ClN3O/c1-3-15(20-2)17-21-16-10-5-4-9-14(16)18(23)22(17)13-8-6-7-12(19)11-13/h4-11,15,20H,3H2,1-2H3/p+1/t15-/m0/s1. The number of nitrogens with two attached hydrogens (primary N) is 1. The Kier molecular flexibility index (Phi) is 4.46. The van der Waals surface area contributed by atoms with Crippen molar-refractivity contribution in [2.24, 2.45) is 0 Å². The van der Waals surface area contributed by atoms with E-state index in [0.717, 1.165) is 23.4 Å². The van der Waals surface area contributed by atoms with E-state index >= 15 is 0 Å². The summed E-state index contributed by atoms with van der Waals surface area (Å²) in [6.07, 6.45) is 0.877. The normalized spacial score (nSPS) is 12.5. The van der Waals surface area contributed by atoms with Crippen LogP contribution in [0.15, 0.2) is 53.3 Å². The molecular weight excluding hydrogens is 310 g/mol. The summed E-state index contributed by atoms with van der Waals surface area (Å²) in [4.78, 5) is 17.8. The summed E-state index contributed by atoms with van der Waals surface area (Å²) < 4.78 is 1.68. The first-order valence-corrected chi connectivity index (χ1v) is 8.10. The van der Waals surface area contributed by atoms with Crippen molar-refractivity contribution in [3.8, 4) is 5.69 Å². The van der Waals surface area contributed by atoms with E-state index in [1.165, 1.54) is 0 Å². The van der Waals surface area contributed by atoms with Gasteiger partial charge in [0, 0.05) is 11.4 Å². The van der Waals surface area contributed by atoms with Gasteiger partial charge in [-0.2, -0.15) is 0 Å².